The fourth-order valence-electron chi connectivity index (χ4n) is 3.45. The van der Waals surface area contributed by atoms with Crippen molar-refractivity contribution in [3.8, 4) is 0 Å². The lowest BCUT2D eigenvalue weighted by atomic mass is 10.1. The van der Waals surface area contributed by atoms with Gasteiger partial charge in [0.1, 0.15) is 6.04 Å². The molecule has 1 N–H and O–H groups in total. The van der Waals surface area contributed by atoms with Crippen molar-refractivity contribution in [1.82, 2.24) is 9.80 Å². The molecule has 0 spiro atoms. The Bertz CT molecular complexity index is 662. The summed E-state index contributed by atoms with van der Waals surface area (Å²) in [4.78, 5) is 39.3. The topological polar surface area (TPSA) is 77.9 Å². The van der Waals surface area contributed by atoms with Gasteiger partial charge in [0.05, 0.1) is 5.92 Å². The molecule has 2 aliphatic rings. The molecule has 0 saturated carbocycles. The third-order valence-corrected chi connectivity index (χ3v) is 4.94. The van der Waals surface area contributed by atoms with E-state index in [4.69, 9.17) is 5.11 Å². The van der Waals surface area contributed by atoms with Crippen LogP contribution >= 0.6 is 12.4 Å². The summed E-state index contributed by atoms with van der Waals surface area (Å²) in [6, 6.07) is 7.46. The van der Waals surface area contributed by atoms with Gasteiger partial charge in [0.15, 0.2) is 0 Å². The van der Waals surface area contributed by atoms with E-state index >= 15 is 0 Å². The van der Waals surface area contributed by atoms with Crippen LogP contribution in [0.5, 0.6) is 0 Å². The summed E-state index contributed by atoms with van der Waals surface area (Å²) in [5.41, 5.74) is 2.15. The molecular formula is C18H23ClN2O4. The van der Waals surface area contributed by atoms with E-state index in [0.717, 1.165) is 11.1 Å². The molecule has 2 heterocycles. The summed E-state index contributed by atoms with van der Waals surface area (Å²) >= 11 is 0. The van der Waals surface area contributed by atoms with Crippen molar-refractivity contribution in [2.75, 3.05) is 13.1 Å². The lowest BCUT2D eigenvalue weighted by Gasteiger charge is -2.28. The summed E-state index contributed by atoms with van der Waals surface area (Å²) < 4.78 is 0. The Kier molecular flexibility index (Phi) is 6.06. The van der Waals surface area contributed by atoms with Gasteiger partial charge in [0.2, 0.25) is 11.8 Å². The Balaban J connectivity index is 0.00000225. The second kappa shape index (κ2) is 7.87. The zero-order chi connectivity index (χ0) is 17.3. The second-order valence-electron chi connectivity index (χ2n) is 6.67. The summed E-state index contributed by atoms with van der Waals surface area (Å²) in [5, 5.41) is 9.09. The molecule has 2 unspecified atom stereocenters. The minimum absolute atomic E-state index is 0. The Morgan fingerprint density at radius 3 is 2.48 bits per heavy atom. The normalized spacial score (nSPS) is 22.8. The first-order valence-electron chi connectivity index (χ1n) is 8.32. The van der Waals surface area contributed by atoms with Gasteiger partial charge in [-0.05, 0) is 25.3 Å². The molecule has 25 heavy (non-hydrogen) atoms. The van der Waals surface area contributed by atoms with Gasteiger partial charge < -0.3 is 14.9 Å². The molecule has 0 aliphatic carbocycles. The number of likely N-dealkylation sites (tertiary alicyclic amines) is 2. The number of halogens is 1. The molecule has 136 valence electrons. The van der Waals surface area contributed by atoms with E-state index in [1.165, 1.54) is 0 Å². The Labute approximate surface area is 153 Å². The maximum Gasteiger partial charge on any atom is 0.308 e. The first-order chi connectivity index (χ1) is 11.5. The van der Waals surface area contributed by atoms with Crippen molar-refractivity contribution in [3.05, 3.63) is 35.4 Å². The van der Waals surface area contributed by atoms with Crippen LogP contribution in [-0.4, -0.2) is 51.8 Å². The highest BCUT2D eigenvalue weighted by Crippen LogP contribution is 2.26. The van der Waals surface area contributed by atoms with E-state index in [0.29, 0.717) is 32.4 Å². The number of amides is 2. The van der Waals surface area contributed by atoms with Crippen LogP contribution in [0.1, 0.15) is 30.4 Å². The van der Waals surface area contributed by atoms with Crippen molar-refractivity contribution in [3.63, 3.8) is 0 Å². The van der Waals surface area contributed by atoms with Crippen molar-refractivity contribution in [2.24, 2.45) is 5.92 Å². The first kappa shape index (κ1) is 19.2. The molecule has 3 rings (SSSR count). The number of nitrogens with zero attached hydrogens (tertiary/aromatic N) is 2. The molecule has 7 heteroatoms. The number of carbonyl (C=O) groups is 3. The number of aryl methyl sites for hydroxylation is 1. The lowest BCUT2D eigenvalue weighted by Crippen LogP contribution is -2.45. The third-order valence-electron chi connectivity index (χ3n) is 4.94. The number of carbonyl (C=O) groups excluding carboxylic acids is 2. The largest absolute Gasteiger partial charge is 0.481 e. The van der Waals surface area contributed by atoms with Crippen molar-refractivity contribution in [2.45, 2.75) is 38.8 Å². The second-order valence-corrected chi connectivity index (χ2v) is 6.67. The highest BCUT2D eigenvalue weighted by Gasteiger charge is 2.41. The van der Waals surface area contributed by atoms with Gasteiger partial charge in [-0.3, -0.25) is 14.4 Å². The van der Waals surface area contributed by atoms with Gasteiger partial charge >= 0.3 is 5.97 Å². The van der Waals surface area contributed by atoms with Crippen LogP contribution in [0.25, 0.3) is 0 Å². The predicted octanol–water partition coefficient (Wildman–Crippen LogP) is 1.84. The average molecular weight is 367 g/mol. The quantitative estimate of drug-likeness (QED) is 0.882. The highest BCUT2D eigenvalue weighted by molar-refractivity contribution is 5.91. The molecule has 2 atom stereocenters. The summed E-state index contributed by atoms with van der Waals surface area (Å²) in [6.07, 6.45) is 1.37. The van der Waals surface area contributed by atoms with Crippen LogP contribution in [0.3, 0.4) is 0 Å². The van der Waals surface area contributed by atoms with Crippen LogP contribution in [0, 0.1) is 12.8 Å². The SMILES string of the molecule is Cc1ccc(CN2C(=O)CCC2C(=O)N2CCC(C(=O)O)C2)cc1.Cl. The van der Waals surface area contributed by atoms with Gasteiger partial charge in [0.25, 0.3) is 0 Å². The molecular weight excluding hydrogens is 344 g/mol. The first-order valence-corrected chi connectivity index (χ1v) is 8.32. The molecule has 1 aromatic rings. The molecule has 2 fully saturated rings. The molecule has 0 bridgehead atoms. The van der Waals surface area contributed by atoms with Crippen molar-refractivity contribution < 1.29 is 19.5 Å². The van der Waals surface area contributed by atoms with Gasteiger partial charge in [-0.2, -0.15) is 0 Å². The van der Waals surface area contributed by atoms with Crippen LogP contribution in [0.4, 0.5) is 0 Å². The van der Waals surface area contributed by atoms with Gasteiger partial charge in [-0.25, -0.2) is 0 Å². The number of rotatable bonds is 4. The Morgan fingerprint density at radius 1 is 1.20 bits per heavy atom. The lowest BCUT2D eigenvalue weighted by molar-refractivity contribution is -0.143. The van der Waals surface area contributed by atoms with Crippen LogP contribution in [0.2, 0.25) is 0 Å². The summed E-state index contributed by atoms with van der Waals surface area (Å²) in [6.45, 7) is 3.13. The maximum atomic E-state index is 12.8. The Morgan fingerprint density at radius 2 is 1.88 bits per heavy atom. The molecule has 0 radical (unpaired) electrons. The van der Waals surface area contributed by atoms with Gasteiger partial charge in [0, 0.05) is 26.1 Å². The van der Waals surface area contributed by atoms with Crippen molar-refractivity contribution in [1.29, 1.82) is 0 Å². The minimum Gasteiger partial charge on any atom is -0.481 e. The summed E-state index contributed by atoms with van der Waals surface area (Å²) in [7, 11) is 0. The minimum atomic E-state index is -0.857. The number of hydrogen-bond acceptors (Lipinski definition) is 3. The Hall–Kier alpha value is -2.08. The highest BCUT2D eigenvalue weighted by atomic mass is 35.5. The molecule has 2 amide bonds. The molecule has 0 aromatic heterocycles. The molecule has 2 saturated heterocycles. The molecule has 6 nitrogen and oxygen atoms in total. The number of carboxylic acids is 1. The van der Waals surface area contributed by atoms with Gasteiger partial charge in [-0.15, -0.1) is 12.4 Å². The standard InChI is InChI=1S/C18H22N2O4.ClH/c1-12-2-4-13(5-3-12)10-20-15(6-7-16(20)21)17(22)19-9-8-14(11-19)18(23)24;/h2-5,14-15H,6-11H2,1H3,(H,23,24);1H. The van der Waals surface area contributed by atoms with Crippen molar-refractivity contribution >= 4 is 30.2 Å². The monoisotopic (exact) mass is 366 g/mol. The van der Waals surface area contributed by atoms with Gasteiger partial charge in [-0.1, -0.05) is 29.8 Å². The number of carboxylic acid groups (broad SMARTS) is 1. The fraction of sp³-hybridized carbons (Fsp3) is 0.500. The zero-order valence-corrected chi connectivity index (χ0v) is 15.0. The number of hydrogen-bond donors (Lipinski definition) is 1. The predicted molar refractivity (Wildman–Crippen MR) is 94.3 cm³/mol. The fourth-order valence-corrected chi connectivity index (χ4v) is 3.45. The number of aliphatic carboxylic acids is 1. The summed E-state index contributed by atoms with van der Waals surface area (Å²) in [5.74, 6) is -1.47. The molecule has 1 aromatic carbocycles. The van der Waals surface area contributed by atoms with E-state index in [1.54, 1.807) is 9.80 Å². The van der Waals surface area contributed by atoms with E-state index < -0.39 is 17.9 Å². The van der Waals surface area contributed by atoms with E-state index in [-0.39, 0.29) is 30.8 Å². The van der Waals surface area contributed by atoms with E-state index in [2.05, 4.69) is 0 Å². The smallest absolute Gasteiger partial charge is 0.308 e. The molecule has 2 aliphatic heterocycles. The third kappa shape index (κ3) is 4.12. The number of benzene rings is 1. The van der Waals surface area contributed by atoms with E-state index in [1.807, 2.05) is 31.2 Å². The average Bonchev–Trinajstić information content (AvgIpc) is 3.17. The maximum absolute atomic E-state index is 12.8. The zero-order valence-electron chi connectivity index (χ0n) is 14.2. The van der Waals surface area contributed by atoms with Crippen LogP contribution in [-0.2, 0) is 20.9 Å². The van der Waals surface area contributed by atoms with Crippen LogP contribution in [0.15, 0.2) is 24.3 Å². The van der Waals surface area contributed by atoms with E-state index in [9.17, 15) is 14.4 Å². The van der Waals surface area contributed by atoms with Crippen LogP contribution < -0.4 is 0 Å².